The molecule has 2 aromatic carbocycles. The summed E-state index contributed by atoms with van der Waals surface area (Å²) in [5.74, 6) is 1.15. The van der Waals surface area contributed by atoms with E-state index in [0.29, 0.717) is 18.7 Å². The summed E-state index contributed by atoms with van der Waals surface area (Å²) in [5, 5.41) is 3.06. The molecule has 0 aliphatic rings. The zero-order valence-corrected chi connectivity index (χ0v) is 19.5. The summed E-state index contributed by atoms with van der Waals surface area (Å²) < 4.78 is 5.35. The highest BCUT2D eigenvalue weighted by Gasteiger charge is 2.17. The van der Waals surface area contributed by atoms with E-state index in [1.807, 2.05) is 55.4 Å². The number of carbonyl (C=O) groups excluding carboxylic acids is 1. The van der Waals surface area contributed by atoms with Gasteiger partial charge in [-0.05, 0) is 24.3 Å². The maximum absolute atomic E-state index is 13.0. The molecular weight excluding hydrogens is 404 g/mol. The number of hydrogen-bond acceptors (Lipinski definition) is 4. The highest BCUT2D eigenvalue weighted by Crippen LogP contribution is 2.30. The first-order valence-corrected chi connectivity index (χ1v) is 10.8. The Hall–Kier alpha value is -3.55. The average Bonchev–Trinajstić information content (AvgIpc) is 3.23. The van der Waals surface area contributed by atoms with Crippen molar-refractivity contribution >= 4 is 39.3 Å². The van der Waals surface area contributed by atoms with Crippen molar-refractivity contribution in [3.8, 4) is 0 Å². The molecule has 4 rings (SSSR count). The minimum atomic E-state index is -0.0959. The van der Waals surface area contributed by atoms with Crippen molar-refractivity contribution in [1.82, 2.24) is 18.7 Å². The van der Waals surface area contributed by atoms with E-state index in [4.69, 9.17) is 4.98 Å². The lowest BCUT2D eigenvalue weighted by Gasteiger charge is -2.19. The van der Waals surface area contributed by atoms with Gasteiger partial charge in [0.15, 0.2) is 0 Å². The topological polar surface area (TPSA) is 77.1 Å². The molecule has 32 heavy (non-hydrogen) atoms. The van der Waals surface area contributed by atoms with Gasteiger partial charge in [0.05, 0.1) is 33.4 Å². The van der Waals surface area contributed by atoms with Crippen LogP contribution in [0.2, 0.25) is 0 Å². The van der Waals surface area contributed by atoms with Crippen molar-refractivity contribution in [2.75, 3.05) is 24.3 Å². The highest BCUT2D eigenvalue weighted by molar-refractivity contribution is 5.98. The van der Waals surface area contributed by atoms with Crippen LogP contribution in [0.15, 0.2) is 41.2 Å². The molecule has 0 fully saturated rings. The third kappa shape index (κ3) is 3.66. The quantitative estimate of drug-likeness (QED) is 0.504. The molecule has 2 heterocycles. The highest BCUT2D eigenvalue weighted by atomic mass is 16.2. The number of benzene rings is 2. The summed E-state index contributed by atoms with van der Waals surface area (Å²) in [6, 6.07) is 11.8. The van der Waals surface area contributed by atoms with Crippen molar-refractivity contribution in [2.24, 2.45) is 14.1 Å². The van der Waals surface area contributed by atoms with Crippen LogP contribution in [0, 0.1) is 0 Å². The maximum atomic E-state index is 13.0. The molecule has 0 aliphatic carbocycles. The first-order valence-electron chi connectivity index (χ1n) is 10.8. The van der Waals surface area contributed by atoms with Crippen LogP contribution in [0.4, 0.5) is 11.4 Å². The monoisotopic (exact) mass is 434 g/mol. The van der Waals surface area contributed by atoms with Crippen LogP contribution in [0.25, 0.3) is 22.1 Å². The standard InChI is InChI=1S/C24H30N6O2/c1-15(2)23-26-16-9-7-8-10-18(16)30(23)12-11-22(31)25-17-13-20-21(14-19(17)27(3)4)29(6)24(32)28(20)5/h7-10,13-15H,11-12H2,1-6H3,(H,25,31). The van der Waals surface area contributed by atoms with E-state index < -0.39 is 0 Å². The summed E-state index contributed by atoms with van der Waals surface area (Å²) in [4.78, 5) is 32.0. The van der Waals surface area contributed by atoms with Crippen LogP contribution in [-0.4, -0.2) is 38.7 Å². The molecule has 1 N–H and O–H groups in total. The molecule has 168 valence electrons. The zero-order valence-electron chi connectivity index (χ0n) is 19.5. The Morgan fingerprint density at radius 2 is 1.72 bits per heavy atom. The summed E-state index contributed by atoms with van der Waals surface area (Å²) in [6.07, 6.45) is 0.318. The summed E-state index contributed by atoms with van der Waals surface area (Å²) >= 11 is 0. The van der Waals surface area contributed by atoms with Crippen LogP contribution in [-0.2, 0) is 25.4 Å². The van der Waals surface area contributed by atoms with Crippen molar-refractivity contribution in [1.29, 1.82) is 0 Å². The summed E-state index contributed by atoms with van der Waals surface area (Å²) in [7, 11) is 7.34. The number of carbonyl (C=O) groups is 1. The molecule has 0 bridgehead atoms. The third-order valence-electron chi connectivity index (χ3n) is 5.91. The van der Waals surface area contributed by atoms with E-state index in [1.54, 1.807) is 23.2 Å². The molecule has 0 radical (unpaired) electrons. The van der Waals surface area contributed by atoms with Gasteiger partial charge < -0.3 is 14.8 Å². The number of para-hydroxylation sites is 2. The van der Waals surface area contributed by atoms with Crippen molar-refractivity contribution in [3.63, 3.8) is 0 Å². The molecule has 0 saturated heterocycles. The maximum Gasteiger partial charge on any atom is 0.328 e. The summed E-state index contributed by atoms with van der Waals surface area (Å²) in [6.45, 7) is 4.77. The van der Waals surface area contributed by atoms with Crippen LogP contribution in [0.5, 0.6) is 0 Å². The number of fused-ring (bicyclic) bond motifs is 2. The number of amides is 1. The normalized spacial score (nSPS) is 11.6. The molecule has 0 spiro atoms. The number of hydrogen-bond donors (Lipinski definition) is 1. The molecule has 0 atom stereocenters. The van der Waals surface area contributed by atoms with Gasteiger partial charge in [-0.15, -0.1) is 0 Å². The van der Waals surface area contributed by atoms with E-state index in [-0.39, 0.29) is 17.5 Å². The Balaban J connectivity index is 1.62. The zero-order chi connectivity index (χ0) is 23.2. The first-order chi connectivity index (χ1) is 15.2. The molecule has 4 aromatic rings. The number of aryl methyl sites for hydroxylation is 3. The molecule has 8 nitrogen and oxygen atoms in total. The van der Waals surface area contributed by atoms with Crippen LogP contribution < -0.4 is 15.9 Å². The number of anilines is 2. The van der Waals surface area contributed by atoms with Crippen LogP contribution >= 0.6 is 0 Å². The second-order valence-electron chi connectivity index (χ2n) is 8.72. The fraction of sp³-hybridized carbons (Fsp3) is 0.375. The predicted molar refractivity (Wildman–Crippen MR) is 130 cm³/mol. The van der Waals surface area contributed by atoms with Gasteiger partial charge in [-0.25, -0.2) is 9.78 Å². The van der Waals surface area contributed by atoms with Gasteiger partial charge in [-0.2, -0.15) is 0 Å². The number of rotatable bonds is 6. The van der Waals surface area contributed by atoms with Gasteiger partial charge in [-0.1, -0.05) is 26.0 Å². The second kappa shape index (κ2) is 8.18. The number of imidazole rings is 2. The molecule has 1 amide bonds. The fourth-order valence-electron chi connectivity index (χ4n) is 4.20. The Morgan fingerprint density at radius 1 is 1.06 bits per heavy atom. The van der Waals surface area contributed by atoms with E-state index in [0.717, 1.165) is 33.6 Å². The Bertz CT molecular complexity index is 1370. The Kier molecular flexibility index (Phi) is 5.54. The average molecular weight is 435 g/mol. The van der Waals surface area contributed by atoms with E-state index in [2.05, 4.69) is 23.7 Å². The SMILES string of the molecule is CC(C)c1nc2ccccc2n1CCC(=O)Nc1cc2c(cc1N(C)C)n(C)c(=O)n2C. The number of nitrogens with one attached hydrogen (secondary N) is 1. The minimum Gasteiger partial charge on any atom is -0.376 e. The van der Waals surface area contributed by atoms with Gasteiger partial charge in [0.25, 0.3) is 0 Å². The van der Waals surface area contributed by atoms with Gasteiger partial charge in [0.2, 0.25) is 5.91 Å². The van der Waals surface area contributed by atoms with Crippen molar-refractivity contribution in [3.05, 3.63) is 52.7 Å². The van der Waals surface area contributed by atoms with Gasteiger partial charge in [-0.3, -0.25) is 13.9 Å². The third-order valence-corrected chi connectivity index (χ3v) is 5.91. The largest absolute Gasteiger partial charge is 0.376 e. The van der Waals surface area contributed by atoms with Crippen LogP contribution in [0.1, 0.15) is 32.0 Å². The summed E-state index contributed by atoms with van der Waals surface area (Å²) in [5.41, 5.74) is 5.03. The molecule has 8 heteroatoms. The van der Waals surface area contributed by atoms with E-state index >= 15 is 0 Å². The van der Waals surface area contributed by atoms with Crippen molar-refractivity contribution < 1.29 is 4.79 Å². The van der Waals surface area contributed by atoms with Crippen LogP contribution in [0.3, 0.4) is 0 Å². The van der Waals surface area contributed by atoms with Gasteiger partial charge >= 0.3 is 5.69 Å². The van der Waals surface area contributed by atoms with E-state index in [9.17, 15) is 9.59 Å². The molecule has 0 saturated carbocycles. The Morgan fingerprint density at radius 3 is 2.38 bits per heavy atom. The molecule has 2 aromatic heterocycles. The van der Waals surface area contributed by atoms with Gasteiger partial charge in [0.1, 0.15) is 5.82 Å². The minimum absolute atomic E-state index is 0.0825. The Labute approximate surface area is 187 Å². The van der Waals surface area contributed by atoms with E-state index in [1.165, 1.54) is 0 Å². The van der Waals surface area contributed by atoms with Gasteiger partial charge in [0, 0.05) is 47.1 Å². The smallest absolute Gasteiger partial charge is 0.328 e. The molecular formula is C24H30N6O2. The lowest BCUT2D eigenvalue weighted by atomic mass is 10.2. The van der Waals surface area contributed by atoms with Crippen molar-refractivity contribution in [2.45, 2.75) is 32.7 Å². The molecule has 0 aliphatic heterocycles. The number of nitrogens with zero attached hydrogens (tertiary/aromatic N) is 5. The second-order valence-corrected chi connectivity index (χ2v) is 8.72. The predicted octanol–water partition coefficient (Wildman–Crippen LogP) is 3.44. The number of aromatic nitrogens is 4. The first kappa shape index (κ1) is 21.7. The molecule has 0 unspecified atom stereocenters. The lowest BCUT2D eigenvalue weighted by molar-refractivity contribution is -0.116. The lowest BCUT2D eigenvalue weighted by Crippen LogP contribution is -2.19. The fourth-order valence-corrected chi connectivity index (χ4v) is 4.20.